The number of hydrogen-bond donors (Lipinski definition) is 2. The number of carbonyl (C=O) groups excluding carboxylic acids is 1. The summed E-state index contributed by atoms with van der Waals surface area (Å²) in [4.78, 5) is 17.5. The van der Waals surface area contributed by atoms with Gasteiger partial charge in [-0.25, -0.2) is 4.98 Å². The lowest BCUT2D eigenvalue weighted by molar-refractivity contribution is -0.129. The van der Waals surface area contributed by atoms with Crippen LogP contribution in [-0.2, 0) is 11.2 Å². The number of ether oxygens (including phenoxy) is 1. The summed E-state index contributed by atoms with van der Waals surface area (Å²) in [5.41, 5.74) is 2.61. The predicted molar refractivity (Wildman–Crippen MR) is 130 cm³/mol. The van der Waals surface area contributed by atoms with Gasteiger partial charge < -0.3 is 15.2 Å². The molecule has 2 N–H and O–H groups in total. The number of aliphatic hydroxyl groups is 1. The molecule has 3 aliphatic carbocycles. The van der Waals surface area contributed by atoms with Gasteiger partial charge in [-0.05, 0) is 91.5 Å². The number of nitrogens with zero attached hydrogens (tertiary/aromatic N) is 1. The van der Waals surface area contributed by atoms with Crippen LogP contribution in [0.25, 0.3) is 0 Å². The van der Waals surface area contributed by atoms with Crippen molar-refractivity contribution in [1.82, 2.24) is 4.98 Å². The van der Waals surface area contributed by atoms with E-state index in [1.165, 1.54) is 11.1 Å². The van der Waals surface area contributed by atoms with Crippen LogP contribution >= 0.6 is 11.6 Å². The summed E-state index contributed by atoms with van der Waals surface area (Å²) in [6, 6.07) is 9.92. The number of Topliss-reactive ketones (excluding diaryl/α,β-unsaturated/α-hetero) is 1. The SMILES string of the molecule is COc1ccnc(NC(O)CC[C@@H]2CC(=O)[C@@]3(C)CCC4c5ccc(Cl)cc5CCC4C23)c1. The summed E-state index contributed by atoms with van der Waals surface area (Å²) in [7, 11) is 1.61. The Kier molecular flexibility index (Phi) is 6.13. The molecule has 4 unspecified atom stereocenters. The Balaban J connectivity index is 1.30. The van der Waals surface area contributed by atoms with E-state index in [1.807, 2.05) is 6.07 Å². The van der Waals surface area contributed by atoms with Crippen LogP contribution in [0.15, 0.2) is 36.5 Å². The number of aryl methyl sites for hydroxylation is 1. The average Bonchev–Trinajstić information content (AvgIpc) is 3.07. The fraction of sp³-hybridized carbons (Fsp3) is 0.556. The van der Waals surface area contributed by atoms with E-state index in [0.717, 1.165) is 37.1 Å². The second-order valence-electron chi connectivity index (χ2n) is 10.3. The number of halogens is 1. The second-order valence-corrected chi connectivity index (χ2v) is 10.8. The number of ketones is 1. The minimum absolute atomic E-state index is 0.220. The molecule has 0 bridgehead atoms. The predicted octanol–water partition coefficient (Wildman–Crippen LogP) is 5.61. The number of fused-ring (bicyclic) bond motifs is 5. The zero-order chi connectivity index (χ0) is 23.2. The molecule has 0 spiro atoms. The van der Waals surface area contributed by atoms with E-state index >= 15 is 0 Å². The van der Waals surface area contributed by atoms with Gasteiger partial charge in [-0.2, -0.15) is 0 Å². The summed E-state index contributed by atoms with van der Waals surface area (Å²) >= 11 is 6.27. The van der Waals surface area contributed by atoms with E-state index in [1.54, 1.807) is 25.4 Å². The Morgan fingerprint density at radius 2 is 2.15 bits per heavy atom. The minimum atomic E-state index is -0.708. The van der Waals surface area contributed by atoms with E-state index in [0.29, 0.717) is 53.9 Å². The number of rotatable bonds is 6. The summed E-state index contributed by atoms with van der Waals surface area (Å²) in [6.07, 6.45) is 7.22. The molecule has 6 atom stereocenters. The lowest BCUT2D eigenvalue weighted by Crippen LogP contribution is -2.44. The molecule has 0 radical (unpaired) electrons. The Bertz CT molecular complexity index is 1040. The second kappa shape index (κ2) is 8.92. The van der Waals surface area contributed by atoms with Crippen LogP contribution < -0.4 is 10.1 Å². The summed E-state index contributed by atoms with van der Waals surface area (Å²) < 4.78 is 5.24. The molecule has 3 aliphatic rings. The number of pyridine rings is 1. The highest BCUT2D eigenvalue weighted by Gasteiger charge is 2.58. The third-order valence-corrected chi connectivity index (χ3v) is 8.86. The van der Waals surface area contributed by atoms with Crippen molar-refractivity contribution in [1.29, 1.82) is 0 Å². The standard InChI is InChI=1S/C27H33ClN2O3/c1-27-11-9-21-20-7-5-18(28)13-16(20)3-6-22(21)26(27)17(14-23(27)31)4-8-25(32)30-24-15-19(33-2)10-12-29-24/h5,7,10,12-13,15,17,21-22,25-26,32H,3-4,6,8-9,11,14H2,1-2H3,(H,29,30)/t17-,21?,22?,25?,26?,27-/m1/s1. The number of anilines is 1. The number of aromatic nitrogens is 1. The summed E-state index contributed by atoms with van der Waals surface area (Å²) in [6.45, 7) is 2.21. The zero-order valence-electron chi connectivity index (χ0n) is 19.4. The molecule has 5 rings (SSSR count). The van der Waals surface area contributed by atoms with E-state index in [9.17, 15) is 9.90 Å². The van der Waals surface area contributed by atoms with Gasteiger partial charge >= 0.3 is 0 Å². The average molecular weight is 469 g/mol. The van der Waals surface area contributed by atoms with Crippen molar-refractivity contribution >= 4 is 23.2 Å². The first-order valence-corrected chi connectivity index (χ1v) is 12.5. The van der Waals surface area contributed by atoms with Gasteiger partial charge in [0.15, 0.2) is 0 Å². The molecular formula is C27H33ClN2O3. The fourth-order valence-electron chi connectivity index (χ4n) is 7.11. The van der Waals surface area contributed by atoms with Gasteiger partial charge in [-0.3, -0.25) is 4.79 Å². The maximum Gasteiger partial charge on any atom is 0.139 e. The quantitative estimate of drug-likeness (QED) is 0.539. The van der Waals surface area contributed by atoms with Crippen molar-refractivity contribution in [2.45, 2.75) is 64.0 Å². The first kappa shape index (κ1) is 22.7. The molecule has 0 amide bonds. The van der Waals surface area contributed by atoms with E-state index in [-0.39, 0.29) is 5.41 Å². The van der Waals surface area contributed by atoms with Crippen molar-refractivity contribution in [2.24, 2.45) is 23.2 Å². The number of hydrogen-bond acceptors (Lipinski definition) is 5. The van der Waals surface area contributed by atoms with E-state index in [4.69, 9.17) is 16.3 Å². The highest BCUT2D eigenvalue weighted by Crippen LogP contribution is 2.62. The molecule has 1 heterocycles. The smallest absolute Gasteiger partial charge is 0.139 e. The topological polar surface area (TPSA) is 71.4 Å². The molecule has 1 aromatic heterocycles. The van der Waals surface area contributed by atoms with E-state index in [2.05, 4.69) is 29.4 Å². The Morgan fingerprint density at radius 3 is 2.97 bits per heavy atom. The van der Waals surface area contributed by atoms with Gasteiger partial charge in [0.2, 0.25) is 0 Å². The maximum atomic E-state index is 13.2. The lowest BCUT2D eigenvalue weighted by Gasteiger charge is -2.50. The Hall–Kier alpha value is -2.11. The van der Waals surface area contributed by atoms with Crippen LogP contribution in [0, 0.1) is 23.2 Å². The molecule has 2 aromatic rings. The molecule has 2 saturated carbocycles. The van der Waals surface area contributed by atoms with Crippen LogP contribution in [0.3, 0.4) is 0 Å². The highest BCUT2D eigenvalue weighted by molar-refractivity contribution is 6.30. The third-order valence-electron chi connectivity index (χ3n) is 8.62. The maximum absolute atomic E-state index is 13.2. The van der Waals surface area contributed by atoms with Gasteiger partial charge in [0.1, 0.15) is 23.6 Å². The van der Waals surface area contributed by atoms with Crippen molar-refractivity contribution < 1.29 is 14.6 Å². The molecule has 6 heteroatoms. The minimum Gasteiger partial charge on any atom is -0.497 e. The normalized spacial score (nSPS) is 31.3. The number of benzene rings is 1. The largest absolute Gasteiger partial charge is 0.497 e. The van der Waals surface area contributed by atoms with Crippen molar-refractivity contribution in [3.05, 3.63) is 52.7 Å². The van der Waals surface area contributed by atoms with Crippen LogP contribution in [0.5, 0.6) is 5.75 Å². The van der Waals surface area contributed by atoms with Crippen LogP contribution in [0.2, 0.25) is 5.02 Å². The molecule has 2 fully saturated rings. The third kappa shape index (κ3) is 4.15. The van der Waals surface area contributed by atoms with Crippen molar-refractivity contribution in [2.75, 3.05) is 12.4 Å². The summed E-state index contributed by atoms with van der Waals surface area (Å²) in [5, 5.41) is 14.5. The molecule has 176 valence electrons. The number of nitrogens with one attached hydrogen (secondary N) is 1. The first-order valence-electron chi connectivity index (χ1n) is 12.2. The van der Waals surface area contributed by atoms with Gasteiger partial charge in [0.05, 0.1) is 7.11 Å². The number of aliphatic hydroxyl groups excluding tert-OH is 1. The first-order chi connectivity index (χ1) is 15.9. The van der Waals surface area contributed by atoms with Gasteiger partial charge in [0.25, 0.3) is 0 Å². The summed E-state index contributed by atoms with van der Waals surface area (Å²) in [5.74, 6) is 3.46. The number of carbonyl (C=O) groups is 1. The van der Waals surface area contributed by atoms with Gasteiger partial charge in [0, 0.05) is 29.1 Å². The molecule has 33 heavy (non-hydrogen) atoms. The van der Waals surface area contributed by atoms with Crippen LogP contribution in [0.1, 0.15) is 62.5 Å². The van der Waals surface area contributed by atoms with Crippen molar-refractivity contribution in [3.8, 4) is 5.75 Å². The van der Waals surface area contributed by atoms with Crippen molar-refractivity contribution in [3.63, 3.8) is 0 Å². The Labute approximate surface area is 200 Å². The lowest BCUT2D eigenvalue weighted by atomic mass is 9.54. The van der Waals surface area contributed by atoms with Gasteiger partial charge in [-0.1, -0.05) is 24.6 Å². The molecule has 0 saturated heterocycles. The van der Waals surface area contributed by atoms with Gasteiger partial charge in [-0.15, -0.1) is 0 Å². The zero-order valence-corrected chi connectivity index (χ0v) is 20.1. The van der Waals surface area contributed by atoms with E-state index < -0.39 is 6.23 Å². The molecular weight excluding hydrogens is 436 g/mol. The Morgan fingerprint density at radius 1 is 1.30 bits per heavy atom. The molecule has 5 nitrogen and oxygen atoms in total. The highest BCUT2D eigenvalue weighted by atomic mass is 35.5. The van der Waals surface area contributed by atoms with Crippen LogP contribution in [0.4, 0.5) is 5.82 Å². The monoisotopic (exact) mass is 468 g/mol. The fourth-order valence-corrected chi connectivity index (χ4v) is 7.30. The molecule has 0 aliphatic heterocycles. The number of methoxy groups -OCH3 is 1. The molecule has 1 aromatic carbocycles. The van der Waals surface area contributed by atoms with Crippen LogP contribution in [-0.4, -0.2) is 29.2 Å².